The second-order valence-electron chi connectivity index (χ2n) is 4.92. The van der Waals surface area contributed by atoms with E-state index < -0.39 is 11.6 Å². The van der Waals surface area contributed by atoms with Gasteiger partial charge >= 0.3 is 0 Å². The lowest BCUT2D eigenvalue weighted by Crippen LogP contribution is -2.05. The van der Waals surface area contributed by atoms with Crippen LogP contribution in [0.15, 0.2) is 42.6 Å². The molecule has 0 atom stereocenters. The number of hydrogen-bond donors (Lipinski definition) is 2. The van der Waals surface area contributed by atoms with Gasteiger partial charge in [-0.25, -0.2) is 8.78 Å². The van der Waals surface area contributed by atoms with Gasteiger partial charge in [-0.1, -0.05) is 23.7 Å². The molecule has 0 aliphatic heterocycles. The van der Waals surface area contributed by atoms with Gasteiger partial charge in [-0.05, 0) is 36.8 Å². The molecule has 1 aromatic heterocycles. The van der Waals surface area contributed by atoms with E-state index in [4.69, 9.17) is 11.6 Å². The fourth-order valence-corrected chi connectivity index (χ4v) is 2.20. The summed E-state index contributed by atoms with van der Waals surface area (Å²) in [5.74, 6) is -1.14. The SMILES string of the molecule is Cc1c(Cl)cccc1Nc1nncc(Nc2c(F)cccc2F)n1. The zero-order valence-electron chi connectivity index (χ0n) is 12.5. The van der Waals surface area contributed by atoms with Crippen LogP contribution < -0.4 is 10.6 Å². The summed E-state index contributed by atoms with van der Waals surface area (Å²) in [5, 5.41) is 13.8. The Balaban J connectivity index is 1.86. The van der Waals surface area contributed by atoms with Crippen molar-refractivity contribution in [3.8, 4) is 0 Å². The molecule has 0 aliphatic rings. The molecule has 0 aliphatic carbocycles. The molecule has 0 spiro atoms. The van der Waals surface area contributed by atoms with Crippen molar-refractivity contribution in [3.63, 3.8) is 0 Å². The van der Waals surface area contributed by atoms with E-state index in [9.17, 15) is 8.78 Å². The van der Waals surface area contributed by atoms with Gasteiger partial charge in [0.05, 0.1) is 6.20 Å². The van der Waals surface area contributed by atoms with E-state index in [0.717, 1.165) is 17.7 Å². The summed E-state index contributed by atoms with van der Waals surface area (Å²) in [6, 6.07) is 8.93. The lowest BCUT2D eigenvalue weighted by atomic mass is 10.2. The third kappa shape index (κ3) is 3.41. The van der Waals surface area contributed by atoms with Gasteiger partial charge in [0.25, 0.3) is 0 Å². The highest BCUT2D eigenvalue weighted by atomic mass is 35.5. The Morgan fingerprint density at radius 1 is 1.00 bits per heavy atom. The van der Waals surface area contributed by atoms with E-state index >= 15 is 0 Å². The van der Waals surface area contributed by atoms with E-state index in [1.54, 1.807) is 18.2 Å². The average molecular weight is 348 g/mol. The summed E-state index contributed by atoms with van der Waals surface area (Å²) in [7, 11) is 0. The first-order valence-corrected chi connectivity index (χ1v) is 7.35. The second kappa shape index (κ2) is 6.76. The van der Waals surface area contributed by atoms with Crippen LogP contribution in [0, 0.1) is 18.6 Å². The number of nitrogens with one attached hydrogen (secondary N) is 2. The number of benzene rings is 2. The Labute approximate surface area is 141 Å². The van der Waals surface area contributed by atoms with Crippen molar-refractivity contribution in [2.45, 2.75) is 6.92 Å². The smallest absolute Gasteiger partial charge is 0.249 e. The van der Waals surface area contributed by atoms with Crippen molar-refractivity contribution >= 4 is 34.7 Å². The highest BCUT2D eigenvalue weighted by Gasteiger charge is 2.11. The van der Waals surface area contributed by atoms with Crippen LogP contribution in [0.1, 0.15) is 5.56 Å². The zero-order chi connectivity index (χ0) is 17.1. The van der Waals surface area contributed by atoms with Crippen molar-refractivity contribution < 1.29 is 8.78 Å². The van der Waals surface area contributed by atoms with Gasteiger partial charge < -0.3 is 10.6 Å². The summed E-state index contributed by atoms with van der Waals surface area (Å²) in [4.78, 5) is 4.14. The van der Waals surface area contributed by atoms with Gasteiger partial charge in [-0.15, -0.1) is 5.10 Å². The molecule has 2 aromatic carbocycles. The molecule has 0 radical (unpaired) electrons. The predicted molar refractivity (Wildman–Crippen MR) is 88.9 cm³/mol. The summed E-state index contributed by atoms with van der Waals surface area (Å²) in [5.41, 5.74) is 1.22. The van der Waals surface area contributed by atoms with E-state index in [2.05, 4.69) is 25.8 Å². The maximum absolute atomic E-state index is 13.7. The summed E-state index contributed by atoms with van der Waals surface area (Å²) < 4.78 is 27.4. The number of para-hydroxylation sites is 1. The van der Waals surface area contributed by atoms with Gasteiger partial charge in [0.15, 0.2) is 5.82 Å². The molecule has 2 N–H and O–H groups in total. The molecule has 0 fully saturated rings. The molecule has 3 rings (SSSR count). The van der Waals surface area contributed by atoms with Crippen molar-refractivity contribution in [1.82, 2.24) is 15.2 Å². The highest BCUT2D eigenvalue weighted by Crippen LogP contribution is 2.26. The lowest BCUT2D eigenvalue weighted by molar-refractivity contribution is 0.590. The maximum atomic E-state index is 13.7. The standard InChI is InChI=1S/C16H12ClF2N5/c1-9-10(17)4-2-7-13(9)21-16-23-14(8-20-24-16)22-15-11(18)5-3-6-12(15)19/h2-8H,1H3,(H2,21,22,23,24). The molecule has 0 saturated carbocycles. The predicted octanol–water partition coefficient (Wildman–Crippen LogP) is 4.60. The average Bonchev–Trinajstić information content (AvgIpc) is 2.56. The number of rotatable bonds is 4. The van der Waals surface area contributed by atoms with E-state index in [-0.39, 0.29) is 17.5 Å². The minimum atomic E-state index is -0.728. The van der Waals surface area contributed by atoms with E-state index in [1.807, 2.05) is 6.92 Å². The van der Waals surface area contributed by atoms with Crippen molar-refractivity contribution in [2.75, 3.05) is 10.6 Å². The molecule has 0 amide bonds. The molecule has 0 unspecified atom stereocenters. The molecular formula is C16H12ClF2N5. The molecule has 0 bridgehead atoms. The molecule has 3 aromatic rings. The largest absolute Gasteiger partial charge is 0.334 e. The zero-order valence-corrected chi connectivity index (χ0v) is 13.3. The Hall–Kier alpha value is -2.80. The van der Waals surface area contributed by atoms with Gasteiger partial charge in [-0.2, -0.15) is 10.1 Å². The Morgan fingerprint density at radius 3 is 2.46 bits per heavy atom. The summed E-state index contributed by atoms with van der Waals surface area (Å²) in [6.07, 6.45) is 1.27. The van der Waals surface area contributed by atoms with E-state index in [0.29, 0.717) is 10.7 Å². The fourth-order valence-electron chi connectivity index (χ4n) is 2.03. The minimum absolute atomic E-state index is 0.149. The second-order valence-corrected chi connectivity index (χ2v) is 5.33. The van der Waals surface area contributed by atoms with Crippen LogP contribution in [0.2, 0.25) is 5.02 Å². The fraction of sp³-hybridized carbons (Fsp3) is 0.0625. The lowest BCUT2D eigenvalue weighted by Gasteiger charge is -2.11. The van der Waals surface area contributed by atoms with Gasteiger partial charge in [-0.3, -0.25) is 0 Å². The first-order chi connectivity index (χ1) is 11.5. The number of aromatic nitrogens is 3. The van der Waals surface area contributed by atoms with Gasteiger partial charge in [0, 0.05) is 10.7 Å². The third-order valence-electron chi connectivity index (χ3n) is 3.29. The molecule has 8 heteroatoms. The topological polar surface area (TPSA) is 62.7 Å². The Bertz CT molecular complexity index is 868. The van der Waals surface area contributed by atoms with Crippen LogP contribution in [-0.2, 0) is 0 Å². The molecule has 122 valence electrons. The molecule has 1 heterocycles. The van der Waals surface area contributed by atoms with Gasteiger partial charge in [0.1, 0.15) is 17.3 Å². The van der Waals surface area contributed by atoms with Crippen LogP contribution in [0.25, 0.3) is 0 Å². The molecule has 24 heavy (non-hydrogen) atoms. The van der Waals surface area contributed by atoms with Crippen molar-refractivity contribution in [2.24, 2.45) is 0 Å². The third-order valence-corrected chi connectivity index (χ3v) is 3.70. The molecule has 0 saturated heterocycles. The summed E-state index contributed by atoms with van der Waals surface area (Å²) >= 11 is 6.06. The van der Waals surface area contributed by atoms with Crippen molar-refractivity contribution in [3.05, 3.63) is 64.8 Å². The molecule has 5 nitrogen and oxygen atoms in total. The van der Waals surface area contributed by atoms with Crippen LogP contribution in [0.3, 0.4) is 0 Å². The van der Waals surface area contributed by atoms with Crippen LogP contribution >= 0.6 is 11.6 Å². The van der Waals surface area contributed by atoms with E-state index in [1.165, 1.54) is 12.3 Å². The summed E-state index contributed by atoms with van der Waals surface area (Å²) in [6.45, 7) is 1.84. The first kappa shape index (κ1) is 16.1. The Kier molecular flexibility index (Phi) is 4.52. The quantitative estimate of drug-likeness (QED) is 0.722. The Morgan fingerprint density at radius 2 is 1.71 bits per heavy atom. The first-order valence-electron chi connectivity index (χ1n) is 6.97. The number of halogens is 3. The highest BCUT2D eigenvalue weighted by molar-refractivity contribution is 6.31. The monoisotopic (exact) mass is 347 g/mol. The normalized spacial score (nSPS) is 10.5. The minimum Gasteiger partial charge on any atom is -0.334 e. The number of nitrogens with zero attached hydrogens (tertiary/aromatic N) is 3. The van der Waals surface area contributed by atoms with Crippen LogP contribution in [-0.4, -0.2) is 15.2 Å². The number of hydrogen-bond acceptors (Lipinski definition) is 5. The maximum Gasteiger partial charge on any atom is 0.249 e. The van der Waals surface area contributed by atoms with Crippen LogP contribution in [0.4, 0.5) is 31.9 Å². The molecular weight excluding hydrogens is 336 g/mol. The number of anilines is 4. The van der Waals surface area contributed by atoms with Crippen LogP contribution in [0.5, 0.6) is 0 Å². The van der Waals surface area contributed by atoms with Crippen molar-refractivity contribution in [1.29, 1.82) is 0 Å². The van der Waals surface area contributed by atoms with Gasteiger partial charge in [0.2, 0.25) is 5.95 Å².